The number of nitrogens with one attached hydrogen (secondary N) is 1. The minimum absolute atomic E-state index is 0.0538. The second kappa shape index (κ2) is 4.42. The Labute approximate surface area is 83.8 Å². The van der Waals surface area contributed by atoms with Crippen LogP contribution < -0.4 is 5.56 Å². The van der Waals surface area contributed by atoms with Crippen LogP contribution in [-0.2, 0) is 6.54 Å². The Kier molecular flexibility index (Phi) is 2.99. The minimum atomic E-state index is 0.0538. The fraction of sp³-hybridized carbons (Fsp3) is 0.545. The molecule has 0 amide bonds. The number of nitrogens with zero attached hydrogens (tertiary/aromatic N) is 1. The van der Waals surface area contributed by atoms with Gasteiger partial charge in [-0.05, 0) is 32.0 Å². The molecule has 0 aliphatic carbocycles. The Bertz CT molecular complexity index is 339. The summed E-state index contributed by atoms with van der Waals surface area (Å²) in [4.78, 5) is 16.5. The molecule has 0 radical (unpaired) electrons. The summed E-state index contributed by atoms with van der Waals surface area (Å²) in [5.74, 6) is 0. The standard InChI is InChI=1S/C11H16N2O/c14-11-10(5-4-6-12-11)9-13-7-2-1-3-8-13/h4-6H,1-3,7-9H2,(H,12,14). The molecular weight excluding hydrogens is 176 g/mol. The molecule has 1 N–H and O–H groups in total. The first-order valence-corrected chi connectivity index (χ1v) is 5.25. The minimum Gasteiger partial charge on any atom is -0.329 e. The van der Waals surface area contributed by atoms with Crippen LogP contribution in [0.3, 0.4) is 0 Å². The third kappa shape index (κ3) is 2.23. The number of pyridine rings is 1. The molecule has 1 aromatic rings. The molecule has 1 aromatic heterocycles. The molecule has 0 unspecified atom stereocenters. The summed E-state index contributed by atoms with van der Waals surface area (Å²) in [6, 6.07) is 3.80. The topological polar surface area (TPSA) is 36.1 Å². The molecule has 76 valence electrons. The van der Waals surface area contributed by atoms with Gasteiger partial charge in [-0.3, -0.25) is 9.69 Å². The van der Waals surface area contributed by atoms with Gasteiger partial charge in [0.25, 0.3) is 5.56 Å². The van der Waals surface area contributed by atoms with Crippen molar-refractivity contribution in [1.82, 2.24) is 9.88 Å². The molecule has 1 saturated heterocycles. The number of hydrogen-bond acceptors (Lipinski definition) is 2. The van der Waals surface area contributed by atoms with Gasteiger partial charge >= 0.3 is 0 Å². The van der Waals surface area contributed by atoms with Gasteiger partial charge in [-0.1, -0.05) is 12.5 Å². The van der Waals surface area contributed by atoms with Crippen molar-refractivity contribution in [3.05, 3.63) is 34.2 Å². The SMILES string of the molecule is O=c1[nH]cccc1CN1CCCCC1. The van der Waals surface area contributed by atoms with Crippen LogP contribution in [0.4, 0.5) is 0 Å². The molecule has 0 bridgehead atoms. The van der Waals surface area contributed by atoms with Crippen LogP contribution >= 0.6 is 0 Å². The summed E-state index contributed by atoms with van der Waals surface area (Å²) in [6.07, 6.45) is 5.55. The second-order valence-electron chi connectivity index (χ2n) is 3.86. The van der Waals surface area contributed by atoms with E-state index in [4.69, 9.17) is 0 Å². The predicted octanol–water partition coefficient (Wildman–Crippen LogP) is 1.36. The number of hydrogen-bond donors (Lipinski definition) is 1. The molecule has 0 atom stereocenters. The Morgan fingerprint density at radius 2 is 2.07 bits per heavy atom. The average molecular weight is 192 g/mol. The predicted molar refractivity (Wildman–Crippen MR) is 56.2 cm³/mol. The number of piperidine rings is 1. The van der Waals surface area contributed by atoms with Crippen LogP contribution in [0.5, 0.6) is 0 Å². The monoisotopic (exact) mass is 192 g/mol. The number of H-pyrrole nitrogens is 1. The lowest BCUT2D eigenvalue weighted by Gasteiger charge is -2.25. The maximum absolute atomic E-state index is 11.4. The molecule has 0 spiro atoms. The number of aromatic amines is 1. The molecule has 1 aliphatic rings. The van der Waals surface area contributed by atoms with E-state index in [1.165, 1.54) is 19.3 Å². The van der Waals surface area contributed by atoms with E-state index in [2.05, 4.69) is 9.88 Å². The number of rotatable bonds is 2. The van der Waals surface area contributed by atoms with Crippen molar-refractivity contribution in [3.63, 3.8) is 0 Å². The Hall–Kier alpha value is -1.09. The molecule has 1 aliphatic heterocycles. The van der Waals surface area contributed by atoms with Crippen molar-refractivity contribution in [2.75, 3.05) is 13.1 Å². The Balaban J connectivity index is 2.03. The Morgan fingerprint density at radius 1 is 1.29 bits per heavy atom. The molecule has 3 nitrogen and oxygen atoms in total. The zero-order chi connectivity index (χ0) is 9.80. The summed E-state index contributed by atoms with van der Waals surface area (Å²) < 4.78 is 0. The molecule has 2 heterocycles. The zero-order valence-corrected chi connectivity index (χ0v) is 8.33. The van der Waals surface area contributed by atoms with E-state index in [-0.39, 0.29) is 5.56 Å². The van der Waals surface area contributed by atoms with Crippen molar-refractivity contribution in [2.24, 2.45) is 0 Å². The van der Waals surface area contributed by atoms with Crippen molar-refractivity contribution in [2.45, 2.75) is 25.8 Å². The fourth-order valence-electron chi connectivity index (χ4n) is 1.94. The fourth-order valence-corrected chi connectivity index (χ4v) is 1.94. The summed E-state index contributed by atoms with van der Waals surface area (Å²) in [5.41, 5.74) is 0.937. The van der Waals surface area contributed by atoms with E-state index in [0.717, 1.165) is 25.2 Å². The van der Waals surface area contributed by atoms with E-state index in [0.29, 0.717) is 0 Å². The molecule has 0 saturated carbocycles. The van der Waals surface area contributed by atoms with Gasteiger partial charge in [0.05, 0.1) is 0 Å². The molecule has 3 heteroatoms. The lowest BCUT2D eigenvalue weighted by Crippen LogP contribution is -2.31. The first kappa shape index (κ1) is 9.46. The highest BCUT2D eigenvalue weighted by molar-refractivity contribution is 5.08. The van der Waals surface area contributed by atoms with Gasteiger partial charge in [0.2, 0.25) is 0 Å². The number of likely N-dealkylation sites (tertiary alicyclic amines) is 1. The van der Waals surface area contributed by atoms with Crippen LogP contribution in [-0.4, -0.2) is 23.0 Å². The van der Waals surface area contributed by atoms with Crippen molar-refractivity contribution in [1.29, 1.82) is 0 Å². The van der Waals surface area contributed by atoms with Crippen LogP contribution in [0.15, 0.2) is 23.1 Å². The van der Waals surface area contributed by atoms with E-state index in [1.807, 2.05) is 12.1 Å². The molecule has 0 aromatic carbocycles. The lowest BCUT2D eigenvalue weighted by atomic mass is 10.1. The van der Waals surface area contributed by atoms with E-state index in [9.17, 15) is 4.79 Å². The van der Waals surface area contributed by atoms with Gasteiger partial charge in [0.1, 0.15) is 0 Å². The van der Waals surface area contributed by atoms with E-state index < -0.39 is 0 Å². The average Bonchev–Trinajstić information content (AvgIpc) is 2.23. The Morgan fingerprint density at radius 3 is 2.79 bits per heavy atom. The summed E-state index contributed by atoms with van der Waals surface area (Å²) in [6.45, 7) is 3.07. The van der Waals surface area contributed by atoms with Gasteiger partial charge in [0, 0.05) is 18.3 Å². The van der Waals surface area contributed by atoms with Crippen LogP contribution in [0, 0.1) is 0 Å². The summed E-state index contributed by atoms with van der Waals surface area (Å²) >= 11 is 0. The third-order valence-corrected chi connectivity index (χ3v) is 2.74. The second-order valence-corrected chi connectivity index (χ2v) is 3.86. The zero-order valence-electron chi connectivity index (χ0n) is 8.33. The van der Waals surface area contributed by atoms with Gasteiger partial charge in [-0.15, -0.1) is 0 Å². The van der Waals surface area contributed by atoms with E-state index in [1.54, 1.807) is 6.20 Å². The van der Waals surface area contributed by atoms with Crippen LogP contribution in [0.1, 0.15) is 24.8 Å². The molecular formula is C11H16N2O. The summed E-state index contributed by atoms with van der Waals surface area (Å²) in [5, 5.41) is 0. The van der Waals surface area contributed by atoms with Crippen molar-refractivity contribution in [3.8, 4) is 0 Å². The molecule has 14 heavy (non-hydrogen) atoms. The third-order valence-electron chi connectivity index (χ3n) is 2.74. The normalized spacial score (nSPS) is 18.3. The lowest BCUT2D eigenvalue weighted by molar-refractivity contribution is 0.220. The molecule has 1 fully saturated rings. The highest BCUT2D eigenvalue weighted by Crippen LogP contribution is 2.10. The highest BCUT2D eigenvalue weighted by atomic mass is 16.1. The van der Waals surface area contributed by atoms with Crippen molar-refractivity contribution >= 4 is 0 Å². The smallest absolute Gasteiger partial charge is 0.252 e. The van der Waals surface area contributed by atoms with Gasteiger partial charge < -0.3 is 4.98 Å². The first-order valence-electron chi connectivity index (χ1n) is 5.25. The van der Waals surface area contributed by atoms with Gasteiger partial charge in [0.15, 0.2) is 0 Å². The highest BCUT2D eigenvalue weighted by Gasteiger charge is 2.11. The maximum Gasteiger partial charge on any atom is 0.252 e. The first-order chi connectivity index (χ1) is 6.86. The number of aromatic nitrogens is 1. The van der Waals surface area contributed by atoms with Crippen molar-refractivity contribution < 1.29 is 0 Å². The summed E-state index contributed by atoms with van der Waals surface area (Å²) in [7, 11) is 0. The quantitative estimate of drug-likeness (QED) is 0.768. The van der Waals surface area contributed by atoms with E-state index >= 15 is 0 Å². The van der Waals surface area contributed by atoms with Gasteiger partial charge in [-0.2, -0.15) is 0 Å². The van der Waals surface area contributed by atoms with Crippen LogP contribution in [0.2, 0.25) is 0 Å². The largest absolute Gasteiger partial charge is 0.329 e. The maximum atomic E-state index is 11.4. The molecule has 2 rings (SSSR count). The van der Waals surface area contributed by atoms with Crippen LogP contribution in [0.25, 0.3) is 0 Å². The van der Waals surface area contributed by atoms with Gasteiger partial charge in [-0.25, -0.2) is 0 Å².